The summed E-state index contributed by atoms with van der Waals surface area (Å²) in [6.07, 6.45) is 0. The van der Waals surface area contributed by atoms with Gasteiger partial charge in [0, 0.05) is 13.1 Å². The number of benzene rings is 4. The average Bonchev–Trinajstić information content (AvgIpc) is 2.77. The standard InChI is InChI=1S/C14H15N.C12H10/c1-3-7-13(8-4-1)11-15-12-14-9-5-2-6-10-14;1-3-7-11(8-4-1)12-9-5-2-6-10-12/h1-10,15H,11-12H2;1-10H. The summed E-state index contributed by atoms with van der Waals surface area (Å²) in [6, 6.07) is 41.7. The van der Waals surface area contributed by atoms with Crippen LogP contribution in [-0.2, 0) is 13.1 Å². The maximum Gasteiger partial charge on any atom is 0.0208 e. The van der Waals surface area contributed by atoms with E-state index < -0.39 is 0 Å². The van der Waals surface area contributed by atoms with Crippen LogP contribution in [0.1, 0.15) is 11.1 Å². The molecule has 0 saturated carbocycles. The summed E-state index contributed by atoms with van der Waals surface area (Å²) in [4.78, 5) is 0. The van der Waals surface area contributed by atoms with Crippen molar-refractivity contribution in [3.05, 3.63) is 132 Å². The summed E-state index contributed by atoms with van der Waals surface area (Å²) >= 11 is 0. The zero-order chi connectivity index (χ0) is 18.6. The van der Waals surface area contributed by atoms with Gasteiger partial charge in [-0.05, 0) is 22.3 Å². The van der Waals surface area contributed by atoms with Gasteiger partial charge in [-0.25, -0.2) is 0 Å². The molecule has 1 N–H and O–H groups in total. The molecule has 4 aromatic carbocycles. The van der Waals surface area contributed by atoms with E-state index in [9.17, 15) is 0 Å². The van der Waals surface area contributed by atoms with Gasteiger partial charge in [-0.15, -0.1) is 0 Å². The molecule has 0 heterocycles. The lowest BCUT2D eigenvalue weighted by molar-refractivity contribution is 0.693. The highest BCUT2D eigenvalue weighted by molar-refractivity contribution is 5.62. The van der Waals surface area contributed by atoms with Crippen LogP contribution >= 0.6 is 0 Å². The predicted octanol–water partition coefficient (Wildman–Crippen LogP) is 6.33. The van der Waals surface area contributed by atoms with Crippen molar-refractivity contribution in [3.63, 3.8) is 0 Å². The summed E-state index contributed by atoms with van der Waals surface area (Å²) in [5.74, 6) is 0. The smallest absolute Gasteiger partial charge is 0.0208 e. The van der Waals surface area contributed by atoms with E-state index in [1.165, 1.54) is 22.3 Å². The molecule has 0 fully saturated rings. The maximum atomic E-state index is 3.42. The van der Waals surface area contributed by atoms with E-state index in [0.717, 1.165) is 13.1 Å². The fraction of sp³-hybridized carbons (Fsp3) is 0.0769. The van der Waals surface area contributed by atoms with Gasteiger partial charge in [-0.2, -0.15) is 0 Å². The highest BCUT2D eigenvalue weighted by atomic mass is 14.8. The molecule has 0 aromatic heterocycles. The first-order valence-corrected chi connectivity index (χ1v) is 9.31. The molecule has 27 heavy (non-hydrogen) atoms. The third-order valence-corrected chi connectivity index (χ3v) is 4.22. The van der Waals surface area contributed by atoms with Crippen LogP contribution in [0.4, 0.5) is 0 Å². The van der Waals surface area contributed by atoms with E-state index >= 15 is 0 Å². The Labute approximate surface area is 162 Å². The van der Waals surface area contributed by atoms with Crippen molar-refractivity contribution in [2.75, 3.05) is 0 Å². The van der Waals surface area contributed by atoms with Crippen LogP contribution in [0.5, 0.6) is 0 Å². The van der Waals surface area contributed by atoms with Crippen LogP contribution in [0.15, 0.2) is 121 Å². The molecule has 4 rings (SSSR count). The Morgan fingerprint density at radius 2 is 0.667 bits per heavy atom. The van der Waals surface area contributed by atoms with Crippen molar-refractivity contribution >= 4 is 0 Å². The van der Waals surface area contributed by atoms with Gasteiger partial charge >= 0.3 is 0 Å². The van der Waals surface area contributed by atoms with Gasteiger partial charge in [0.25, 0.3) is 0 Å². The highest BCUT2D eigenvalue weighted by Gasteiger charge is 1.93. The van der Waals surface area contributed by atoms with Gasteiger partial charge in [0.1, 0.15) is 0 Å². The zero-order valence-corrected chi connectivity index (χ0v) is 15.5. The van der Waals surface area contributed by atoms with Crippen LogP contribution in [0.3, 0.4) is 0 Å². The van der Waals surface area contributed by atoms with Crippen molar-refractivity contribution in [2.45, 2.75) is 13.1 Å². The number of nitrogens with one attached hydrogen (secondary N) is 1. The van der Waals surface area contributed by atoms with Crippen molar-refractivity contribution in [2.24, 2.45) is 0 Å². The molecule has 0 aliphatic rings. The summed E-state index contributed by atoms with van der Waals surface area (Å²) in [6.45, 7) is 1.85. The second kappa shape index (κ2) is 10.7. The van der Waals surface area contributed by atoms with Gasteiger partial charge in [0.15, 0.2) is 0 Å². The molecule has 134 valence electrons. The van der Waals surface area contributed by atoms with Gasteiger partial charge < -0.3 is 5.32 Å². The molecule has 0 unspecified atom stereocenters. The summed E-state index contributed by atoms with van der Waals surface area (Å²) < 4.78 is 0. The molecule has 0 radical (unpaired) electrons. The molecule has 0 atom stereocenters. The van der Waals surface area contributed by atoms with Crippen LogP contribution in [0.25, 0.3) is 11.1 Å². The Morgan fingerprint density at radius 1 is 0.370 bits per heavy atom. The van der Waals surface area contributed by atoms with E-state index in [1.54, 1.807) is 0 Å². The molecule has 0 amide bonds. The monoisotopic (exact) mass is 351 g/mol. The van der Waals surface area contributed by atoms with Crippen LogP contribution < -0.4 is 5.32 Å². The SMILES string of the molecule is c1ccc(-c2ccccc2)cc1.c1ccc(CNCc2ccccc2)cc1. The molecule has 0 aliphatic carbocycles. The third-order valence-electron chi connectivity index (χ3n) is 4.22. The molecule has 1 nitrogen and oxygen atoms in total. The molecule has 0 spiro atoms. The van der Waals surface area contributed by atoms with E-state index in [4.69, 9.17) is 0 Å². The number of rotatable bonds is 5. The minimum absolute atomic E-state index is 0.926. The maximum absolute atomic E-state index is 3.42. The lowest BCUT2D eigenvalue weighted by Gasteiger charge is -2.04. The van der Waals surface area contributed by atoms with Crippen LogP contribution in [0, 0.1) is 0 Å². The Balaban J connectivity index is 0.000000159. The fourth-order valence-electron chi connectivity index (χ4n) is 2.80. The predicted molar refractivity (Wildman–Crippen MR) is 115 cm³/mol. The fourth-order valence-corrected chi connectivity index (χ4v) is 2.80. The third kappa shape index (κ3) is 6.58. The second-order valence-corrected chi connectivity index (χ2v) is 6.31. The van der Waals surface area contributed by atoms with Gasteiger partial charge in [0.05, 0.1) is 0 Å². The second-order valence-electron chi connectivity index (χ2n) is 6.31. The van der Waals surface area contributed by atoms with Crippen molar-refractivity contribution in [3.8, 4) is 11.1 Å². The zero-order valence-electron chi connectivity index (χ0n) is 15.5. The molecule has 4 aromatic rings. The average molecular weight is 351 g/mol. The molecule has 0 saturated heterocycles. The van der Waals surface area contributed by atoms with E-state index in [0.29, 0.717) is 0 Å². The Bertz CT molecular complexity index is 795. The summed E-state index contributed by atoms with van der Waals surface area (Å²) in [7, 11) is 0. The Hall–Kier alpha value is -3.16. The van der Waals surface area contributed by atoms with Crippen molar-refractivity contribution < 1.29 is 0 Å². The van der Waals surface area contributed by atoms with Crippen LogP contribution in [-0.4, -0.2) is 0 Å². The molecule has 0 aliphatic heterocycles. The van der Waals surface area contributed by atoms with E-state index in [-0.39, 0.29) is 0 Å². The van der Waals surface area contributed by atoms with Crippen molar-refractivity contribution in [1.29, 1.82) is 0 Å². The van der Waals surface area contributed by atoms with Crippen LogP contribution in [0.2, 0.25) is 0 Å². The normalized spacial score (nSPS) is 9.93. The minimum Gasteiger partial charge on any atom is -0.309 e. The lowest BCUT2D eigenvalue weighted by Crippen LogP contribution is -2.12. The van der Waals surface area contributed by atoms with Gasteiger partial charge in [0.2, 0.25) is 0 Å². The largest absolute Gasteiger partial charge is 0.309 e. The first kappa shape index (κ1) is 18.6. The van der Waals surface area contributed by atoms with E-state index in [1.807, 2.05) is 24.3 Å². The van der Waals surface area contributed by atoms with Gasteiger partial charge in [-0.3, -0.25) is 0 Å². The first-order valence-electron chi connectivity index (χ1n) is 9.31. The number of hydrogen-bond acceptors (Lipinski definition) is 1. The minimum atomic E-state index is 0.926. The number of hydrogen-bond donors (Lipinski definition) is 1. The molecule has 1 heteroatoms. The highest BCUT2D eigenvalue weighted by Crippen LogP contribution is 2.17. The van der Waals surface area contributed by atoms with Gasteiger partial charge in [-0.1, -0.05) is 121 Å². The summed E-state index contributed by atoms with van der Waals surface area (Å²) in [5.41, 5.74) is 5.21. The van der Waals surface area contributed by atoms with Crippen molar-refractivity contribution in [1.82, 2.24) is 5.32 Å². The Kier molecular flexibility index (Phi) is 7.41. The quantitative estimate of drug-likeness (QED) is 0.443. The first-order chi connectivity index (χ1) is 13.4. The van der Waals surface area contributed by atoms with E-state index in [2.05, 4.69) is 102 Å². The Morgan fingerprint density at radius 3 is 1.00 bits per heavy atom. The topological polar surface area (TPSA) is 12.0 Å². The molecular weight excluding hydrogens is 326 g/mol. The summed E-state index contributed by atoms with van der Waals surface area (Å²) in [5, 5.41) is 3.42. The lowest BCUT2D eigenvalue weighted by atomic mass is 10.1. The molecule has 0 bridgehead atoms. The molecular formula is C26H25N.